The second kappa shape index (κ2) is 4.93. The highest BCUT2D eigenvalue weighted by molar-refractivity contribution is 5.29. The fourth-order valence-corrected chi connectivity index (χ4v) is 2.16. The molecule has 0 aromatic carbocycles. The maximum atomic E-state index is 12.4. The van der Waals surface area contributed by atoms with E-state index in [1.165, 1.54) is 0 Å². The molecule has 19 heavy (non-hydrogen) atoms. The molecule has 8 heteroatoms. The number of halogens is 3. The number of nitrogens with zero attached hydrogens (tertiary/aromatic N) is 2. The van der Waals surface area contributed by atoms with E-state index in [4.69, 9.17) is 10.2 Å². The van der Waals surface area contributed by atoms with Gasteiger partial charge >= 0.3 is 6.18 Å². The highest BCUT2D eigenvalue weighted by Gasteiger charge is 2.43. The second-order valence-corrected chi connectivity index (χ2v) is 4.83. The fraction of sp³-hybridized carbons (Fsp3) is 0.636. The van der Waals surface area contributed by atoms with E-state index in [9.17, 15) is 13.2 Å². The Hall–Kier alpha value is -1.41. The normalized spacial score (nSPS) is 19.0. The largest absolute Gasteiger partial charge is 0.433 e. The number of aliphatic hydroxyl groups is 2. The van der Waals surface area contributed by atoms with Gasteiger partial charge in [-0.15, -0.1) is 0 Å². The van der Waals surface area contributed by atoms with Gasteiger partial charge in [-0.1, -0.05) is 0 Å². The van der Waals surface area contributed by atoms with Crippen LogP contribution in [0.3, 0.4) is 0 Å². The topological polar surface area (TPSA) is 78.3 Å². The van der Waals surface area contributed by atoms with Crippen molar-refractivity contribution in [3.05, 3.63) is 18.0 Å². The molecule has 0 aliphatic heterocycles. The number of aromatic nitrogens is 2. The molecule has 0 amide bonds. The minimum Gasteiger partial charge on any atom is -0.396 e. The summed E-state index contributed by atoms with van der Waals surface area (Å²) in [5.74, 6) is -0.0932. The van der Waals surface area contributed by atoms with Crippen molar-refractivity contribution in [3.8, 4) is 0 Å². The van der Waals surface area contributed by atoms with E-state index in [1.54, 1.807) is 0 Å². The Balaban J connectivity index is 1.99. The van der Waals surface area contributed by atoms with Crippen LogP contribution in [-0.2, 0) is 6.18 Å². The van der Waals surface area contributed by atoms with Crippen LogP contribution < -0.4 is 5.32 Å². The van der Waals surface area contributed by atoms with Crippen LogP contribution in [0.15, 0.2) is 12.3 Å². The zero-order valence-electron chi connectivity index (χ0n) is 9.98. The first-order chi connectivity index (χ1) is 8.88. The molecule has 5 nitrogen and oxygen atoms in total. The Labute approximate surface area is 107 Å². The molecule has 0 bridgehead atoms. The summed E-state index contributed by atoms with van der Waals surface area (Å²) < 4.78 is 37.3. The van der Waals surface area contributed by atoms with Gasteiger partial charge in [0.15, 0.2) is 0 Å². The molecule has 1 saturated carbocycles. The lowest BCUT2D eigenvalue weighted by Crippen LogP contribution is -2.50. The molecule has 1 aromatic rings. The number of aliphatic hydroxyl groups excluding tert-OH is 2. The lowest BCUT2D eigenvalue weighted by molar-refractivity contribution is -0.141. The summed E-state index contributed by atoms with van der Waals surface area (Å²) in [6, 6.07) is 0.667. The van der Waals surface area contributed by atoms with Crippen LogP contribution in [-0.4, -0.2) is 39.4 Å². The Morgan fingerprint density at radius 3 is 2.47 bits per heavy atom. The molecule has 1 heterocycles. The molecule has 106 valence electrons. The standard InChI is InChI=1S/C11H14F3N3O2/c12-11(13,14)8-1-2-15-9(17-8)16-7-3-10(4-7,5-18)6-19/h1-2,7,18-19H,3-6H2,(H,15,16,17). The third-order valence-corrected chi connectivity index (χ3v) is 3.31. The quantitative estimate of drug-likeness (QED) is 0.766. The van der Waals surface area contributed by atoms with Gasteiger partial charge in [-0.2, -0.15) is 13.2 Å². The van der Waals surface area contributed by atoms with Gasteiger partial charge in [0.1, 0.15) is 5.69 Å². The van der Waals surface area contributed by atoms with Crippen molar-refractivity contribution in [2.24, 2.45) is 5.41 Å². The van der Waals surface area contributed by atoms with Gasteiger partial charge in [0.05, 0.1) is 13.2 Å². The Morgan fingerprint density at radius 2 is 1.95 bits per heavy atom. The number of hydrogen-bond acceptors (Lipinski definition) is 5. The van der Waals surface area contributed by atoms with Crippen LogP contribution in [0.1, 0.15) is 18.5 Å². The van der Waals surface area contributed by atoms with Crippen LogP contribution >= 0.6 is 0 Å². The van der Waals surface area contributed by atoms with Gasteiger partial charge < -0.3 is 15.5 Å². The highest BCUT2D eigenvalue weighted by atomic mass is 19.4. The van der Waals surface area contributed by atoms with Crippen LogP contribution in [0.2, 0.25) is 0 Å². The highest BCUT2D eigenvalue weighted by Crippen LogP contribution is 2.41. The second-order valence-electron chi connectivity index (χ2n) is 4.83. The zero-order valence-corrected chi connectivity index (χ0v) is 9.98. The zero-order chi connectivity index (χ0) is 14.1. The molecular weight excluding hydrogens is 263 g/mol. The van der Waals surface area contributed by atoms with Crippen molar-refractivity contribution in [1.82, 2.24) is 9.97 Å². The molecule has 1 aliphatic carbocycles. The number of rotatable bonds is 4. The minimum absolute atomic E-state index is 0.0932. The van der Waals surface area contributed by atoms with Crippen molar-refractivity contribution >= 4 is 5.95 Å². The lowest BCUT2D eigenvalue weighted by Gasteiger charge is -2.45. The molecule has 2 rings (SSSR count). The number of nitrogens with one attached hydrogen (secondary N) is 1. The maximum Gasteiger partial charge on any atom is 0.433 e. The van der Waals surface area contributed by atoms with E-state index in [1.807, 2.05) is 0 Å². The van der Waals surface area contributed by atoms with Crippen LogP contribution in [0.25, 0.3) is 0 Å². The molecule has 3 N–H and O–H groups in total. The molecular formula is C11H14F3N3O2. The fourth-order valence-electron chi connectivity index (χ4n) is 2.16. The molecule has 1 aliphatic rings. The Morgan fingerprint density at radius 1 is 1.32 bits per heavy atom. The van der Waals surface area contributed by atoms with E-state index < -0.39 is 17.3 Å². The van der Waals surface area contributed by atoms with Gasteiger partial charge in [-0.05, 0) is 18.9 Å². The van der Waals surface area contributed by atoms with Crippen molar-refractivity contribution in [2.75, 3.05) is 18.5 Å². The van der Waals surface area contributed by atoms with E-state index >= 15 is 0 Å². The first kappa shape index (κ1) is 14.0. The molecule has 0 radical (unpaired) electrons. The molecule has 1 aromatic heterocycles. The first-order valence-electron chi connectivity index (χ1n) is 5.77. The van der Waals surface area contributed by atoms with Crippen molar-refractivity contribution in [2.45, 2.75) is 25.1 Å². The van der Waals surface area contributed by atoms with Crippen LogP contribution in [0.5, 0.6) is 0 Å². The predicted molar refractivity (Wildman–Crippen MR) is 60.3 cm³/mol. The van der Waals surface area contributed by atoms with Gasteiger partial charge in [0.2, 0.25) is 5.95 Å². The third-order valence-electron chi connectivity index (χ3n) is 3.31. The molecule has 0 atom stereocenters. The van der Waals surface area contributed by atoms with E-state index in [0.717, 1.165) is 12.3 Å². The lowest BCUT2D eigenvalue weighted by atomic mass is 9.66. The minimum atomic E-state index is -4.50. The molecule has 0 spiro atoms. The molecule has 0 saturated heterocycles. The Bertz CT molecular complexity index is 441. The van der Waals surface area contributed by atoms with Gasteiger partial charge in [-0.25, -0.2) is 9.97 Å². The summed E-state index contributed by atoms with van der Waals surface area (Å²) in [6.45, 7) is -0.295. The summed E-state index contributed by atoms with van der Waals surface area (Å²) in [5, 5.41) is 21.0. The third kappa shape index (κ3) is 2.95. The SMILES string of the molecule is OCC1(CO)CC(Nc2nccc(C(F)(F)F)n2)C1. The summed E-state index contributed by atoms with van der Waals surface area (Å²) >= 11 is 0. The predicted octanol–water partition coefficient (Wildman–Crippen LogP) is 1.04. The van der Waals surface area contributed by atoms with E-state index in [0.29, 0.717) is 12.8 Å². The number of anilines is 1. The molecule has 0 unspecified atom stereocenters. The van der Waals surface area contributed by atoms with Crippen LogP contribution in [0.4, 0.5) is 19.1 Å². The van der Waals surface area contributed by atoms with Crippen molar-refractivity contribution in [3.63, 3.8) is 0 Å². The van der Waals surface area contributed by atoms with E-state index in [-0.39, 0.29) is 25.2 Å². The smallest absolute Gasteiger partial charge is 0.396 e. The molecule has 1 fully saturated rings. The summed E-state index contributed by atoms with van der Waals surface area (Å²) in [5.41, 5.74) is -1.54. The van der Waals surface area contributed by atoms with Gasteiger partial charge in [0.25, 0.3) is 0 Å². The first-order valence-corrected chi connectivity index (χ1v) is 5.77. The van der Waals surface area contributed by atoms with Crippen molar-refractivity contribution in [1.29, 1.82) is 0 Å². The van der Waals surface area contributed by atoms with Gasteiger partial charge in [-0.3, -0.25) is 0 Å². The Kier molecular flexibility index (Phi) is 3.64. The average Bonchev–Trinajstić information content (AvgIpc) is 2.33. The van der Waals surface area contributed by atoms with E-state index in [2.05, 4.69) is 15.3 Å². The van der Waals surface area contributed by atoms with Crippen LogP contribution in [0, 0.1) is 5.41 Å². The van der Waals surface area contributed by atoms with Crippen molar-refractivity contribution < 1.29 is 23.4 Å². The summed E-state index contributed by atoms with van der Waals surface area (Å²) in [4.78, 5) is 7.12. The summed E-state index contributed by atoms with van der Waals surface area (Å²) in [7, 11) is 0. The number of alkyl halides is 3. The summed E-state index contributed by atoms with van der Waals surface area (Å²) in [6.07, 6.45) is -2.51. The number of hydrogen-bond donors (Lipinski definition) is 3. The monoisotopic (exact) mass is 277 g/mol. The maximum absolute atomic E-state index is 12.4. The van der Waals surface area contributed by atoms with Gasteiger partial charge in [0, 0.05) is 17.7 Å². The average molecular weight is 277 g/mol.